The number of amides is 1. The average molecular weight is 278 g/mol. The van der Waals surface area contributed by atoms with E-state index in [0.717, 1.165) is 6.42 Å². The van der Waals surface area contributed by atoms with E-state index >= 15 is 0 Å². The summed E-state index contributed by atoms with van der Waals surface area (Å²) in [6.45, 7) is 11.1. The van der Waals surface area contributed by atoms with Crippen molar-refractivity contribution in [3.63, 3.8) is 0 Å². The van der Waals surface area contributed by atoms with E-state index in [-0.39, 0.29) is 17.0 Å². The van der Waals surface area contributed by atoms with E-state index in [9.17, 15) is 4.79 Å². The first-order chi connectivity index (χ1) is 6.76. The number of ether oxygens (including phenoxy) is 1. The highest BCUT2D eigenvalue weighted by atomic mass is 79.9. The van der Waals surface area contributed by atoms with Crippen LogP contribution in [0.1, 0.15) is 34.1 Å². The summed E-state index contributed by atoms with van der Waals surface area (Å²) in [4.78, 5) is 11.6. The van der Waals surface area contributed by atoms with Crippen molar-refractivity contribution >= 4 is 22.0 Å². The van der Waals surface area contributed by atoms with Crippen molar-refractivity contribution in [1.82, 2.24) is 5.32 Å². The van der Waals surface area contributed by atoms with E-state index in [2.05, 4.69) is 27.8 Å². The Labute approximate surface area is 100 Å². The second-order valence-electron chi connectivity index (χ2n) is 4.48. The van der Waals surface area contributed by atoms with Gasteiger partial charge >= 0.3 is 6.09 Å². The first-order valence-corrected chi connectivity index (χ1v) is 5.92. The SMILES string of the molecule is C=CCC(Br)[C@@H](C)NC(=O)OC(C)(C)C. The maximum atomic E-state index is 11.4. The number of hydrogen-bond donors (Lipinski definition) is 1. The molecule has 0 saturated carbocycles. The number of carbonyl (C=O) groups is 1. The minimum atomic E-state index is -0.454. The summed E-state index contributed by atoms with van der Waals surface area (Å²) in [6, 6.07) is 0.0119. The lowest BCUT2D eigenvalue weighted by molar-refractivity contribution is 0.0508. The van der Waals surface area contributed by atoms with Gasteiger partial charge in [0.1, 0.15) is 5.60 Å². The Hall–Kier alpha value is -0.510. The Bertz CT molecular complexity index is 223. The predicted octanol–water partition coefficient (Wildman–Crippen LogP) is 3.24. The number of alkyl carbamates (subject to hydrolysis) is 1. The molecule has 0 fully saturated rings. The van der Waals surface area contributed by atoms with Gasteiger partial charge in [0.25, 0.3) is 0 Å². The van der Waals surface area contributed by atoms with Crippen molar-refractivity contribution < 1.29 is 9.53 Å². The summed E-state index contributed by atoms with van der Waals surface area (Å²) >= 11 is 3.47. The van der Waals surface area contributed by atoms with E-state index in [0.29, 0.717) is 0 Å². The highest BCUT2D eigenvalue weighted by Gasteiger charge is 2.20. The summed E-state index contributed by atoms with van der Waals surface area (Å²) in [5.74, 6) is 0. The number of allylic oxidation sites excluding steroid dienone is 1. The Morgan fingerprint density at radius 2 is 2.13 bits per heavy atom. The molecule has 4 heteroatoms. The van der Waals surface area contributed by atoms with Crippen LogP contribution in [0.3, 0.4) is 0 Å². The second kappa shape index (κ2) is 6.16. The molecule has 0 saturated heterocycles. The molecule has 0 aliphatic carbocycles. The Morgan fingerprint density at radius 1 is 1.60 bits per heavy atom. The summed E-state index contributed by atoms with van der Waals surface area (Å²) in [5.41, 5.74) is -0.454. The molecule has 0 aromatic rings. The van der Waals surface area contributed by atoms with Crippen LogP contribution in [0.2, 0.25) is 0 Å². The van der Waals surface area contributed by atoms with Crippen LogP contribution in [-0.4, -0.2) is 22.6 Å². The van der Waals surface area contributed by atoms with Crippen LogP contribution >= 0.6 is 15.9 Å². The van der Waals surface area contributed by atoms with E-state index in [1.165, 1.54) is 0 Å². The van der Waals surface area contributed by atoms with Gasteiger partial charge in [0.05, 0.1) is 0 Å². The third-order valence-electron chi connectivity index (χ3n) is 1.68. The summed E-state index contributed by atoms with van der Waals surface area (Å²) < 4.78 is 5.14. The number of nitrogens with one attached hydrogen (secondary N) is 1. The lowest BCUT2D eigenvalue weighted by Gasteiger charge is -2.23. The minimum Gasteiger partial charge on any atom is -0.444 e. The van der Waals surface area contributed by atoms with Crippen LogP contribution < -0.4 is 5.32 Å². The Morgan fingerprint density at radius 3 is 2.53 bits per heavy atom. The van der Waals surface area contributed by atoms with Gasteiger partial charge in [-0.3, -0.25) is 0 Å². The van der Waals surface area contributed by atoms with Crippen molar-refractivity contribution in [3.8, 4) is 0 Å². The van der Waals surface area contributed by atoms with Gasteiger partial charge in [0.2, 0.25) is 0 Å². The fourth-order valence-corrected chi connectivity index (χ4v) is 1.34. The van der Waals surface area contributed by atoms with Crippen molar-refractivity contribution in [2.75, 3.05) is 0 Å². The van der Waals surface area contributed by atoms with Crippen LogP contribution in [-0.2, 0) is 4.74 Å². The maximum absolute atomic E-state index is 11.4. The van der Waals surface area contributed by atoms with E-state index < -0.39 is 5.60 Å². The summed E-state index contributed by atoms with van der Waals surface area (Å²) in [6.07, 6.45) is 2.23. The fourth-order valence-electron chi connectivity index (χ4n) is 0.947. The summed E-state index contributed by atoms with van der Waals surface area (Å²) in [7, 11) is 0. The molecular formula is C11H20BrNO2. The molecular weight excluding hydrogens is 258 g/mol. The van der Waals surface area contributed by atoms with Gasteiger partial charge in [0, 0.05) is 10.9 Å². The molecule has 0 bridgehead atoms. The topological polar surface area (TPSA) is 38.3 Å². The molecule has 1 unspecified atom stereocenters. The second-order valence-corrected chi connectivity index (χ2v) is 5.65. The monoisotopic (exact) mass is 277 g/mol. The minimum absolute atomic E-state index is 0.0119. The van der Waals surface area contributed by atoms with Gasteiger partial charge in [-0.25, -0.2) is 4.79 Å². The first kappa shape index (κ1) is 14.5. The quantitative estimate of drug-likeness (QED) is 0.633. The van der Waals surface area contributed by atoms with E-state index in [1.54, 1.807) is 0 Å². The molecule has 88 valence electrons. The molecule has 0 heterocycles. The highest BCUT2D eigenvalue weighted by Crippen LogP contribution is 2.12. The Balaban J connectivity index is 4.01. The largest absolute Gasteiger partial charge is 0.444 e. The van der Waals surface area contributed by atoms with Crippen LogP contribution in [0.25, 0.3) is 0 Å². The average Bonchev–Trinajstić information content (AvgIpc) is 2.00. The molecule has 0 aromatic heterocycles. The number of rotatable bonds is 4. The number of hydrogen-bond acceptors (Lipinski definition) is 2. The molecule has 0 spiro atoms. The molecule has 0 rings (SSSR count). The lowest BCUT2D eigenvalue weighted by Crippen LogP contribution is -2.41. The molecule has 0 radical (unpaired) electrons. The van der Waals surface area contributed by atoms with Crippen LogP contribution in [0.15, 0.2) is 12.7 Å². The Kier molecular flexibility index (Phi) is 5.95. The smallest absolute Gasteiger partial charge is 0.407 e. The van der Waals surface area contributed by atoms with Crippen molar-refractivity contribution in [1.29, 1.82) is 0 Å². The third kappa shape index (κ3) is 7.42. The van der Waals surface area contributed by atoms with Gasteiger partial charge in [-0.15, -0.1) is 6.58 Å². The normalized spacial score (nSPS) is 15.3. The van der Waals surface area contributed by atoms with Gasteiger partial charge < -0.3 is 10.1 Å². The number of carbonyl (C=O) groups excluding carboxylic acids is 1. The molecule has 1 N–H and O–H groups in total. The van der Waals surface area contributed by atoms with Gasteiger partial charge in [-0.1, -0.05) is 22.0 Å². The van der Waals surface area contributed by atoms with Crippen LogP contribution in [0, 0.1) is 0 Å². The van der Waals surface area contributed by atoms with Crippen LogP contribution in [0.5, 0.6) is 0 Å². The van der Waals surface area contributed by atoms with Crippen molar-refractivity contribution in [3.05, 3.63) is 12.7 Å². The number of alkyl halides is 1. The molecule has 0 aliphatic heterocycles. The predicted molar refractivity (Wildman–Crippen MR) is 66.4 cm³/mol. The zero-order valence-electron chi connectivity index (χ0n) is 9.84. The zero-order valence-corrected chi connectivity index (χ0v) is 11.4. The molecule has 3 nitrogen and oxygen atoms in total. The van der Waals surface area contributed by atoms with Gasteiger partial charge in [0.15, 0.2) is 0 Å². The molecule has 0 aliphatic rings. The molecule has 15 heavy (non-hydrogen) atoms. The zero-order chi connectivity index (χ0) is 12.1. The molecule has 1 amide bonds. The summed E-state index contributed by atoms with van der Waals surface area (Å²) in [5, 5.41) is 2.77. The highest BCUT2D eigenvalue weighted by molar-refractivity contribution is 9.09. The van der Waals surface area contributed by atoms with Crippen molar-refractivity contribution in [2.24, 2.45) is 0 Å². The fraction of sp³-hybridized carbons (Fsp3) is 0.727. The lowest BCUT2D eigenvalue weighted by atomic mass is 10.2. The van der Waals surface area contributed by atoms with Gasteiger partial charge in [-0.05, 0) is 34.1 Å². The molecule has 2 atom stereocenters. The maximum Gasteiger partial charge on any atom is 0.407 e. The third-order valence-corrected chi connectivity index (χ3v) is 2.85. The van der Waals surface area contributed by atoms with E-state index in [1.807, 2.05) is 33.8 Å². The first-order valence-electron chi connectivity index (χ1n) is 5.00. The van der Waals surface area contributed by atoms with Gasteiger partial charge in [-0.2, -0.15) is 0 Å². The molecule has 0 aromatic carbocycles. The standard InChI is InChI=1S/C11H20BrNO2/c1-6-7-9(12)8(2)13-10(14)15-11(3,4)5/h6,8-9H,1,7H2,2-5H3,(H,13,14)/t8-,9?/m1/s1. The number of halogens is 1. The van der Waals surface area contributed by atoms with E-state index in [4.69, 9.17) is 4.74 Å². The van der Waals surface area contributed by atoms with Crippen LogP contribution in [0.4, 0.5) is 4.79 Å². The van der Waals surface area contributed by atoms with Crippen molar-refractivity contribution in [2.45, 2.75) is 50.6 Å².